The van der Waals surface area contributed by atoms with E-state index in [2.05, 4.69) is 34.8 Å². The van der Waals surface area contributed by atoms with Crippen LogP contribution in [0.1, 0.15) is 11.1 Å². The van der Waals surface area contributed by atoms with Crippen molar-refractivity contribution in [2.45, 2.75) is 13.5 Å². The number of hydrogen-bond acceptors (Lipinski definition) is 3. The molecule has 0 unspecified atom stereocenters. The Kier molecular flexibility index (Phi) is 5.75. The van der Waals surface area contributed by atoms with Gasteiger partial charge < -0.3 is 15.4 Å². The van der Waals surface area contributed by atoms with E-state index < -0.39 is 0 Å². The molecule has 0 bridgehead atoms. The molecule has 0 aliphatic heterocycles. The average molecular weight is 387 g/mol. The van der Waals surface area contributed by atoms with Gasteiger partial charge in [0.2, 0.25) is 0 Å². The molecule has 0 amide bonds. The molecule has 3 aromatic rings. The highest BCUT2D eigenvalue weighted by Crippen LogP contribution is 2.27. The predicted octanol–water partition coefficient (Wildman–Crippen LogP) is 4.71. The van der Waals surface area contributed by atoms with Crippen molar-refractivity contribution in [3.63, 3.8) is 0 Å². The van der Waals surface area contributed by atoms with Gasteiger partial charge in [0.05, 0.1) is 19.3 Å². The quantitative estimate of drug-likeness (QED) is 0.622. The summed E-state index contributed by atoms with van der Waals surface area (Å²) in [5, 5.41) is 11.7. The summed E-state index contributed by atoms with van der Waals surface area (Å²) in [5.74, 6) is 1.32. The lowest BCUT2D eigenvalue weighted by Gasteiger charge is -2.12. The normalized spacial score (nSPS) is 10.4. The summed E-state index contributed by atoms with van der Waals surface area (Å²) in [6.07, 6.45) is 1.91. The first kappa shape index (κ1) is 18.2. The van der Waals surface area contributed by atoms with Crippen molar-refractivity contribution in [3.8, 4) is 5.75 Å². The minimum absolute atomic E-state index is 0.409. The maximum atomic E-state index is 6.04. The van der Waals surface area contributed by atoms with E-state index in [1.807, 2.05) is 29.1 Å². The minimum Gasteiger partial charge on any atom is -0.495 e. The molecule has 0 fully saturated rings. The Morgan fingerprint density at radius 3 is 2.77 bits per heavy atom. The van der Waals surface area contributed by atoms with E-state index in [4.69, 9.17) is 28.6 Å². The summed E-state index contributed by atoms with van der Waals surface area (Å²) in [7, 11) is 1.60. The van der Waals surface area contributed by atoms with Gasteiger partial charge in [-0.25, -0.2) is 0 Å². The van der Waals surface area contributed by atoms with Crippen LogP contribution >= 0.6 is 23.8 Å². The lowest BCUT2D eigenvalue weighted by molar-refractivity contribution is 0.417. The van der Waals surface area contributed by atoms with Crippen LogP contribution in [0, 0.1) is 6.92 Å². The second-order valence-corrected chi connectivity index (χ2v) is 6.59. The van der Waals surface area contributed by atoms with Gasteiger partial charge in [-0.05, 0) is 48.5 Å². The number of nitrogens with zero attached hydrogens (tertiary/aromatic N) is 2. The van der Waals surface area contributed by atoms with Crippen LogP contribution in [-0.4, -0.2) is 22.0 Å². The molecule has 0 saturated heterocycles. The summed E-state index contributed by atoms with van der Waals surface area (Å²) >= 11 is 11.4. The number of anilines is 2. The average Bonchev–Trinajstić information content (AvgIpc) is 3.04. The van der Waals surface area contributed by atoms with Crippen LogP contribution in [0.3, 0.4) is 0 Å². The van der Waals surface area contributed by atoms with Crippen molar-refractivity contribution in [2.24, 2.45) is 0 Å². The Bertz CT molecular complexity index is 925. The van der Waals surface area contributed by atoms with Crippen LogP contribution in [0.2, 0.25) is 5.02 Å². The van der Waals surface area contributed by atoms with Crippen molar-refractivity contribution in [3.05, 3.63) is 70.9 Å². The van der Waals surface area contributed by atoms with Crippen molar-refractivity contribution < 1.29 is 4.74 Å². The predicted molar refractivity (Wildman–Crippen MR) is 110 cm³/mol. The summed E-state index contributed by atoms with van der Waals surface area (Å²) in [6.45, 7) is 2.80. The fraction of sp³-hybridized carbons (Fsp3) is 0.158. The Balaban J connectivity index is 1.65. The molecule has 0 atom stereocenters. The summed E-state index contributed by atoms with van der Waals surface area (Å²) < 4.78 is 7.17. The van der Waals surface area contributed by atoms with Gasteiger partial charge in [0.25, 0.3) is 0 Å². The van der Waals surface area contributed by atoms with Gasteiger partial charge in [0, 0.05) is 17.3 Å². The third kappa shape index (κ3) is 4.53. The van der Waals surface area contributed by atoms with Crippen molar-refractivity contribution in [1.29, 1.82) is 0 Å². The van der Waals surface area contributed by atoms with Gasteiger partial charge in [-0.1, -0.05) is 35.9 Å². The first-order chi connectivity index (χ1) is 12.5. The summed E-state index contributed by atoms with van der Waals surface area (Å²) in [4.78, 5) is 0. The van der Waals surface area contributed by atoms with Crippen molar-refractivity contribution in [2.75, 3.05) is 17.7 Å². The fourth-order valence-electron chi connectivity index (χ4n) is 2.53. The lowest BCUT2D eigenvalue weighted by Crippen LogP contribution is -2.20. The molecule has 0 radical (unpaired) electrons. The van der Waals surface area contributed by atoms with Gasteiger partial charge in [0.1, 0.15) is 5.75 Å². The highest BCUT2D eigenvalue weighted by atomic mass is 35.5. The Morgan fingerprint density at radius 1 is 1.19 bits per heavy atom. The van der Waals surface area contributed by atoms with Crippen LogP contribution in [0.5, 0.6) is 5.75 Å². The number of rotatable bonds is 5. The summed E-state index contributed by atoms with van der Waals surface area (Å²) in [6, 6.07) is 15.4. The number of hydrogen-bond donors (Lipinski definition) is 2. The molecule has 0 saturated carbocycles. The molecule has 5 nitrogen and oxygen atoms in total. The second kappa shape index (κ2) is 8.21. The SMILES string of the molecule is COc1ccc(Cl)cc1NC(=S)Nc1ccn(Cc2ccccc2C)n1. The van der Waals surface area contributed by atoms with Crippen molar-refractivity contribution in [1.82, 2.24) is 9.78 Å². The highest BCUT2D eigenvalue weighted by molar-refractivity contribution is 7.80. The number of aryl methyl sites for hydroxylation is 1. The Labute approximate surface area is 162 Å². The fourth-order valence-corrected chi connectivity index (χ4v) is 2.91. The van der Waals surface area contributed by atoms with E-state index in [1.165, 1.54) is 11.1 Å². The largest absolute Gasteiger partial charge is 0.495 e. The highest BCUT2D eigenvalue weighted by Gasteiger charge is 2.08. The van der Waals surface area contributed by atoms with E-state index in [-0.39, 0.29) is 0 Å². The minimum atomic E-state index is 0.409. The van der Waals surface area contributed by atoms with E-state index in [9.17, 15) is 0 Å². The second-order valence-electron chi connectivity index (χ2n) is 5.75. The Hall–Kier alpha value is -2.57. The van der Waals surface area contributed by atoms with E-state index in [0.29, 0.717) is 33.9 Å². The zero-order chi connectivity index (χ0) is 18.5. The Morgan fingerprint density at radius 2 is 2.00 bits per heavy atom. The van der Waals surface area contributed by atoms with Gasteiger partial charge in [-0.2, -0.15) is 5.10 Å². The zero-order valence-corrected chi connectivity index (χ0v) is 16.1. The van der Waals surface area contributed by atoms with Gasteiger partial charge in [0.15, 0.2) is 10.9 Å². The molecular weight excluding hydrogens is 368 g/mol. The van der Waals surface area contributed by atoms with Crippen LogP contribution in [-0.2, 0) is 6.54 Å². The number of methoxy groups -OCH3 is 1. The number of benzene rings is 2. The molecule has 26 heavy (non-hydrogen) atoms. The molecule has 2 aromatic carbocycles. The first-order valence-electron chi connectivity index (χ1n) is 8.04. The maximum Gasteiger partial charge on any atom is 0.176 e. The molecule has 1 aromatic heterocycles. The molecule has 7 heteroatoms. The first-order valence-corrected chi connectivity index (χ1v) is 8.83. The molecule has 2 N–H and O–H groups in total. The molecule has 0 aliphatic rings. The standard InChI is InChI=1S/C19H19ClN4OS/c1-13-5-3-4-6-14(13)12-24-10-9-18(23-24)22-19(26)21-16-11-15(20)7-8-17(16)25-2/h3-11H,12H2,1-2H3,(H2,21,22,23,26). The van der Waals surface area contributed by atoms with Gasteiger partial charge >= 0.3 is 0 Å². The maximum absolute atomic E-state index is 6.04. The molecule has 0 spiro atoms. The van der Waals surface area contributed by atoms with Crippen LogP contribution in [0.25, 0.3) is 0 Å². The number of halogens is 1. The third-order valence-electron chi connectivity index (χ3n) is 3.89. The number of thiocarbonyl (C=S) groups is 1. The van der Waals surface area contributed by atoms with Gasteiger partial charge in [-0.15, -0.1) is 0 Å². The smallest absolute Gasteiger partial charge is 0.176 e. The van der Waals surface area contributed by atoms with Crippen LogP contribution in [0.4, 0.5) is 11.5 Å². The van der Waals surface area contributed by atoms with Crippen LogP contribution in [0.15, 0.2) is 54.7 Å². The monoisotopic (exact) mass is 386 g/mol. The number of aromatic nitrogens is 2. The molecule has 1 heterocycles. The third-order valence-corrected chi connectivity index (χ3v) is 4.32. The molecule has 0 aliphatic carbocycles. The summed E-state index contributed by atoms with van der Waals surface area (Å²) in [5.41, 5.74) is 3.16. The van der Waals surface area contributed by atoms with E-state index in [0.717, 1.165) is 0 Å². The molecule has 134 valence electrons. The molecular formula is C19H19ClN4OS. The number of ether oxygens (including phenoxy) is 1. The van der Waals surface area contributed by atoms with Crippen LogP contribution < -0.4 is 15.4 Å². The van der Waals surface area contributed by atoms with E-state index >= 15 is 0 Å². The van der Waals surface area contributed by atoms with E-state index in [1.54, 1.807) is 25.3 Å². The number of nitrogens with one attached hydrogen (secondary N) is 2. The molecule has 3 rings (SSSR count). The van der Waals surface area contributed by atoms with Crippen molar-refractivity contribution >= 4 is 40.4 Å². The lowest BCUT2D eigenvalue weighted by atomic mass is 10.1. The van der Waals surface area contributed by atoms with Gasteiger partial charge in [-0.3, -0.25) is 4.68 Å². The topological polar surface area (TPSA) is 51.1 Å². The zero-order valence-electron chi connectivity index (χ0n) is 14.5.